The first-order valence-corrected chi connectivity index (χ1v) is 8.48. The second-order valence-electron chi connectivity index (χ2n) is 4.80. The van der Waals surface area contributed by atoms with Gasteiger partial charge in [0.15, 0.2) is 0 Å². The predicted octanol–water partition coefficient (Wildman–Crippen LogP) is 1.46. The number of rotatable bonds is 7. The minimum absolute atomic E-state index is 0.148. The SMILES string of the molecule is COCC(NS(=O)(=O)c1c(C)csc1CN)C(C)C. The highest BCUT2D eigenvalue weighted by Crippen LogP contribution is 2.26. The van der Waals surface area contributed by atoms with Crippen LogP contribution in [0.3, 0.4) is 0 Å². The van der Waals surface area contributed by atoms with Crippen molar-refractivity contribution < 1.29 is 13.2 Å². The molecular weight excluding hydrogens is 284 g/mol. The van der Waals surface area contributed by atoms with E-state index in [2.05, 4.69) is 4.72 Å². The number of nitrogens with two attached hydrogens (primary N) is 1. The first kappa shape index (κ1) is 16.6. The number of hydrogen-bond acceptors (Lipinski definition) is 5. The third-order valence-corrected chi connectivity index (χ3v) is 5.88. The molecule has 0 aliphatic carbocycles. The molecule has 0 spiro atoms. The van der Waals surface area contributed by atoms with Crippen LogP contribution in [0.15, 0.2) is 10.3 Å². The molecule has 1 aromatic heterocycles. The number of methoxy groups -OCH3 is 1. The zero-order valence-corrected chi connectivity index (χ0v) is 13.4. The van der Waals surface area contributed by atoms with Crippen LogP contribution in [0.25, 0.3) is 0 Å². The van der Waals surface area contributed by atoms with Crippen molar-refractivity contribution in [3.8, 4) is 0 Å². The molecule has 0 amide bonds. The van der Waals surface area contributed by atoms with Gasteiger partial charge in [-0.3, -0.25) is 0 Å². The van der Waals surface area contributed by atoms with Crippen LogP contribution in [0.5, 0.6) is 0 Å². The number of ether oxygens (including phenoxy) is 1. The zero-order chi connectivity index (χ0) is 14.6. The summed E-state index contributed by atoms with van der Waals surface area (Å²) < 4.78 is 32.7. The lowest BCUT2D eigenvalue weighted by molar-refractivity contribution is 0.157. The van der Waals surface area contributed by atoms with Crippen LogP contribution in [0.4, 0.5) is 0 Å². The molecule has 0 aliphatic heterocycles. The Hall–Kier alpha value is -0.470. The highest BCUT2D eigenvalue weighted by molar-refractivity contribution is 7.89. The summed E-state index contributed by atoms with van der Waals surface area (Å²) in [5.74, 6) is 0.148. The summed E-state index contributed by atoms with van der Waals surface area (Å²) in [6, 6.07) is -0.250. The van der Waals surface area contributed by atoms with Crippen LogP contribution < -0.4 is 10.5 Å². The number of sulfonamides is 1. The Bertz CT molecular complexity index is 509. The van der Waals surface area contributed by atoms with Gasteiger partial charge in [-0.25, -0.2) is 13.1 Å². The van der Waals surface area contributed by atoms with Crippen molar-refractivity contribution in [2.24, 2.45) is 11.7 Å². The maximum absolute atomic E-state index is 12.5. The molecule has 19 heavy (non-hydrogen) atoms. The van der Waals surface area contributed by atoms with Gasteiger partial charge in [-0.1, -0.05) is 13.8 Å². The van der Waals surface area contributed by atoms with Crippen LogP contribution in [0.2, 0.25) is 0 Å². The molecule has 0 fully saturated rings. The predicted molar refractivity (Wildman–Crippen MR) is 77.8 cm³/mol. The Balaban J connectivity index is 3.06. The van der Waals surface area contributed by atoms with E-state index in [1.54, 1.807) is 14.0 Å². The maximum atomic E-state index is 12.5. The van der Waals surface area contributed by atoms with Gasteiger partial charge in [0.1, 0.15) is 4.90 Å². The topological polar surface area (TPSA) is 81.4 Å². The normalized spacial score (nSPS) is 14.0. The van der Waals surface area contributed by atoms with Crippen LogP contribution >= 0.6 is 11.3 Å². The van der Waals surface area contributed by atoms with Gasteiger partial charge in [0.05, 0.1) is 6.61 Å². The van der Waals surface area contributed by atoms with E-state index in [1.807, 2.05) is 19.2 Å². The number of thiophene rings is 1. The highest BCUT2D eigenvalue weighted by Gasteiger charge is 2.26. The number of aryl methyl sites for hydroxylation is 1. The van der Waals surface area contributed by atoms with Crippen molar-refractivity contribution in [2.45, 2.75) is 38.3 Å². The highest BCUT2D eigenvalue weighted by atomic mass is 32.2. The summed E-state index contributed by atoms with van der Waals surface area (Å²) in [5.41, 5.74) is 6.34. The first-order valence-electron chi connectivity index (χ1n) is 6.11. The fourth-order valence-corrected chi connectivity index (χ4v) is 4.86. The molecule has 1 heterocycles. The number of hydrogen-bond donors (Lipinski definition) is 2. The average molecular weight is 306 g/mol. The van der Waals surface area contributed by atoms with Crippen LogP contribution in [0, 0.1) is 12.8 Å². The van der Waals surface area contributed by atoms with E-state index < -0.39 is 10.0 Å². The Kier molecular flexibility index (Phi) is 5.94. The summed E-state index contributed by atoms with van der Waals surface area (Å²) >= 11 is 1.38. The van der Waals surface area contributed by atoms with Gasteiger partial charge in [0.2, 0.25) is 10.0 Å². The quantitative estimate of drug-likeness (QED) is 0.799. The van der Waals surface area contributed by atoms with Crippen molar-refractivity contribution >= 4 is 21.4 Å². The molecule has 0 radical (unpaired) electrons. The first-order chi connectivity index (χ1) is 8.83. The molecule has 1 rings (SSSR count). The molecule has 1 atom stereocenters. The molecule has 0 aliphatic rings. The van der Waals surface area contributed by atoms with Gasteiger partial charge in [-0.05, 0) is 23.8 Å². The van der Waals surface area contributed by atoms with Gasteiger partial charge in [-0.2, -0.15) is 0 Å². The Morgan fingerprint density at radius 3 is 2.58 bits per heavy atom. The second kappa shape index (κ2) is 6.81. The van der Waals surface area contributed by atoms with Crippen molar-refractivity contribution in [2.75, 3.05) is 13.7 Å². The Morgan fingerprint density at radius 2 is 2.11 bits per heavy atom. The second-order valence-corrected chi connectivity index (χ2v) is 7.42. The molecule has 3 N–H and O–H groups in total. The molecule has 1 unspecified atom stereocenters. The molecule has 110 valence electrons. The lowest BCUT2D eigenvalue weighted by Gasteiger charge is -2.21. The van der Waals surface area contributed by atoms with Crippen LogP contribution in [-0.2, 0) is 21.3 Å². The third kappa shape index (κ3) is 4.00. The van der Waals surface area contributed by atoms with Crippen molar-refractivity contribution in [3.05, 3.63) is 15.8 Å². The van der Waals surface area contributed by atoms with Gasteiger partial charge < -0.3 is 10.5 Å². The fraction of sp³-hybridized carbons (Fsp3) is 0.667. The largest absolute Gasteiger partial charge is 0.383 e. The smallest absolute Gasteiger partial charge is 0.242 e. The summed E-state index contributed by atoms with van der Waals surface area (Å²) in [6.07, 6.45) is 0. The summed E-state index contributed by atoms with van der Waals surface area (Å²) in [4.78, 5) is 1.01. The summed E-state index contributed by atoms with van der Waals surface area (Å²) in [6.45, 7) is 6.27. The minimum Gasteiger partial charge on any atom is -0.383 e. The van der Waals surface area contributed by atoms with Crippen molar-refractivity contribution in [1.82, 2.24) is 4.72 Å². The molecule has 5 nitrogen and oxygen atoms in total. The van der Waals surface area contributed by atoms with Crippen molar-refractivity contribution in [3.63, 3.8) is 0 Å². The monoisotopic (exact) mass is 306 g/mol. The van der Waals surface area contributed by atoms with Gasteiger partial charge in [0.25, 0.3) is 0 Å². The van der Waals surface area contributed by atoms with E-state index in [1.165, 1.54) is 11.3 Å². The van der Waals surface area contributed by atoms with E-state index in [4.69, 9.17) is 10.5 Å². The minimum atomic E-state index is -3.56. The van der Waals surface area contributed by atoms with Crippen LogP contribution in [-0.4, -0.2) is 28.2 Å². The number of nitrogens with one attached hydrogen (secondary N) is 1. The molecule has 0 bridgehead atoms. The average Bonchev–Trinajstić information content (AvgIpc) is 2.70. The van der Waals surface area contributed by atoms with Crippen molar-refractivity contribution in [1.29, 1.82) is 0 Å². The molecule has 0 aromatic carbocycles. The van der Waals surface area contributed by atoms with Gasteiger partial charge in [0, 0.05) is 24.6 Å². The van der Waals surface area contributed by atoms with E-state index in [0.717, 1.165) is 5.56 Å². The third-order valence-electron chi connectivity index (χ3n) is 2.90. The molecule has 7 heteroatoms. The van der Waals surface area contributed by atoms with E-state index >= 15 is 0 Å². The molecule has 1 aromatic rings. The standard InChI is InChI=1S/C12H22N2O3S2/c1-8(2)10(6-17-4)14-19(15,16)12-9(3)7-18-11(12)5-13/h7-8,10,14H,5-6,13H2,1-4H3. The lowest BCUT2D eigenvalue weighted by atomic mass is 10.1. The summed E-state index contributed by atoms with van der Waals surface area (Å²) in [7, 11) is -2.00. The van der Waals surface area contributed by atoms with E-state index in [9.17, 15) is 8.42 Å². The van der Waals surface area contributed by atoms with E-state index in [-0.39, 0.29) is 18.5 Å². The Morgan fingerprint density at radius 1 is 1.47 bits per heavy atom. The molecular formula is C12H22N2O3S2. The lowest BCUT2D eigenvalue weighted by Crippen LogP contribution is -2.41. The van der Waals surface area contributed by atoms with Gasteiger partial charge in [-0.15, -0.1) is 11.3 Å². The fourth-order valence-electron chi connectivity index (χ4n) is 1.79. The van der Waals surface area contributed by atoms with E-state index in [0.29, 0.717) is 16.4 Å². The zero-order valence-electron chi connectivity index (χ0n) is 11.8. The molecule has 0 saturated heterocycles. The van der Waals surface area contributed by atoms with Gasteiger partial charge >= 0.3 is 0 Å². The summed E-state index contributed by atoms with van der Waals surface area (Å²) in [5, 5.41) is 1.82. The van der Waals surface area contributed by atoms with Crippen LogP contribution in [0.1, 0.15) is 24.3 Å². The Labute approximate surface area is 119 Å². The molecule has 0 saturated carbocycles. The maximum Gasteiger partial charge on any atom is 0.242 e.